The van der Waals surface area contributed by atoms with Crippen LogP contribution in [0.2, 0.25) is 0 Å². The number of urea groups is 1. The Morgan fingerprint density at radius 1 is 1.24 bits per heavy atom. The third kappa shape index (κ3) is 7.86. The molecule has 0 bridgehead atoms. The Morgan fingerprint density at radius 2 is 1.97 bits per heavy atom. The number of alkyl halides is 3. The van der Waals surface area contributed by atoms with Crippen LogP contribution in [0.15, 0.2) is 39.8 Å². The van der Waals surface area contributed by atoms with Gasteiger partial charge in [-0.2, -0.15) is 13.2 Å². The zero-order valence-corrected chi connectivity index (χ0v) is 15.9. The number of hydrogen-bond donors (Lipinski definition) is 2. The molecule has 3 amide bonds. The predicted molar refractivity (Wildman–Crippen MR) is 95.1 cm³/mol. The molecular weight excluding hydrogens is 415 g/mol. The number of aromatic nitrogens is 1. The molecule has 0 spiro atoms. The van der Waals surface area contributed by atoms with Gasteiger partial charge in [0.25, 0.3) is 5.91 Å². The van der Waals surface area contributed by atoms with E-state index in [1.807, 2.05) is 0 Å². The Labute approximate surface area is 167 Å². The summed E-state index contributed by atoms with van der Waals surface area (Å²) in [5.41, 5.74) is 0.904. The number of ether oxygens (including phenoxy) is 1. The van der Waals surface area contributed by atoms with Crippen molar-refractivity contribution in [3.63, 3.8) is 0 Å². The second-order valence-electron chi connectivity index (χ2n) is 5.64. The van der Waals surface area contributed by atoms with E-state index in [9.17, 15) is 27.6 Å². The van der Waals surface area contributed by atoms with Crippen molar-refractivity contribution in [2.45, 2.75) is 23.7 Å². The van der Waals surface area contributed by atoms with Crippen molar-refractivity contribution < 1.29 is 36.8 Å². The second-order valence-corrected chi connectivity index (χ2v) is 6.66. The van der Waals surface area contributed by atoms with Crippen LogP contribution in [0.5, 0.6) is 0 Å². The number of rotatable bonds is 7. The molecule has 12 heteroatoms. The van der Waals surface area contributed by atoms with Gasteiger partial charge in [0.1, 0.15) is 12.3 Å². The maximum Gasteiger partial charge on any atom is 0.405 e. The lowest BCUT2D eigenvalue weighted by atomic mass is 10.2. The van der Waals surface area contributed by atoms with Crippen molar-refractivity contribution in [3.8, 4) is 0 Å². The zero-order valence-electron chi connectivity index (χ0n) is 15.0. The molecule has 0 unspecified atom stereocenters. The molecule has 156 valence electrons. The summed E-state index contributed by atoms with van der Waals surface area (Å²) in [4.78, 5) is 35.5. The summed E-state index contributed by atoms with van der Waals surface area (Å²) in [6.07, 6.45) is -4.61. The molecule has 1 heterocycles. The first kappa shape index (κ1) is 22.3. The van der Waals surface area contributed by atoms with Gasteiger partial charge in [0.15, 0.2) is 6.61 Å². The number of nitrogens with one attached hydrogen (secondary N) is 2. The molecule has 2 N–H and O–H groups in total. The van der Waals surface area contributed by atoms with Crippen LogP contribution in [0.4, 0.5) is 18.0 Å². The number of amides is 3. The van der Waals surface area contributed by atoms with E-state index in [-0.39, 0.29) is 5.56 Å². The molecule has 0 saturated carbocycles. The molecule has 29 heavy (non-hydrogen) atoms. The topological polar surface area (TPSA) is 111 Å². The Morgan fingerprint density at radius 3 is 2.62 bits per heavy atom. The van der Waals surface area contributed by atoms with Crippen LogP contribution in [-0.2, 0) is 15.3 Å². The third-order valence-electron chi connectivity index (χ3n) is 3.19. The normalized spacial score (nSPS) is 11.0. The van der Waals surface area contributed by atoms with Crippen LogP contribution >= 0.6 is 11.8 Å². The van der Waals surface area contributed by atoms with Gasteiger partial charge in [-0.15, -0.1) is 11.8 Å². The molecule has 0 radical (unpaired) electrons. The molecule has 0 atom stereocenters. The molecule has 0 aliphatic rings. The van der Waals surface area contributed by atoms with Gasteiger partial charge in [-0.05, 0) is 19.1 Å². The van der Waals surface area contributed by atoms with Gasteiger partial charge in [-0.3, -0.25) is 10.1 Å². The fourth-order valence-corrected chi connectivity index (χ4v) is 2.91. The molecule has 1 aromatic carbocycles. The molecule has 1 aromatic heterocycles. The van der Waals surface area contributed by atoms with Crippen molar-refractivity contribution >= 4 is 29.7 Å². The maximum atomic E-state index is 12.2. The zero-order chi connectivity index (χ0) is 21.4. The number of thioether (sulfide) groups is 1. The fourth-order valence-electron chi connectivity index (χ4n) is 1.99. The SMILES string of the molecule is Cc1cc(CSc2ccccc2C(=O)OCC(=O)NC(=O)NCC(F)(F)F)on1. The number of halogens is 3. The maximum absolute atomic E-state index is 12.2. The number of imide groups is 1. The Balaban J connectivity index is 1.85. The van der Waals surface area contributed by atoms with Crippen molar-refractivity contribution in [2.24, 2.45) is 0 Å². The average molecular weight is 431 g/mol. The Bertz CT molecular complexity index is 885. The highest BCUT2D eigenvalue weighted by Crippen LogP contribution is 2.27. The van der Waals surface area contributed by atoms with Crippen LogP contribution in [0, 0.1) is 6.92 Å². The first-order valence-electron chi connectivity index (χ1n) is 8.09. The second kappa shape index (κ2) is 9.96. The molecule has 2 aromatic rings. The molecule has 0 saturated heterocycles. The summed E-state index contributed by atoms with van der Waals surface area (Å²) in [5.74, 6) is -0.877. The van der Waals surface area contributed by atoms with Gasteiger partial charge in [0.2, 0.25) is 0 Å². The van der Waals surface area contributed by atoms with E-state index in [0.717, 1.165) is 5.69 Å². The van der Waals surface area contributed by atoms with Crippen LogP contribution in [-0.4, -0.2) is 42.4 Å². The Kier molecular flexibility index (Phi) is 7.65. The quantitative estimate of drug-likeness (QED) is 0.512. The lowest BCUT2D eigenvalue weighted by molar-refractivity contribution is -0.125. The number of carbonyl (C=O) groups excluding carboxylic acids is 3. The molecule has 2 rings (SSSR count). The van der Waals surface area contributed by atoms with Crippen molar-refractivity contribution in [3.05, 3.63) is 47.3 Å². The van der Waals surface area contributed by atoms with E-state index in [1.54, 1.807) is 36.5 Å². The largest absolute Gasteiger partial charge is 0.452 e. The summed E-state index contributed by atoms with van der Waals surface area (Å²) >= 11 is 1.29. The Hall–Kier alpha value is -3.02. The van der Waals surface area contributed by atoms with Crippen molar-refractivity contribution in [1.82, 2.24) is 15.8 Å². The monoisotopic (exact) mass is 431 g/mol. The highest BCUT2D eigenvalue weighted by molar-refractivity contribution is 7.98. The van der Waals surface area contributed by atoms with Crippen molar-refractivity contribution in [1.29, 1.82) is 0 Å². The molecular formula is C17H16F3N3O5S. The van der Waals surface area contributed by atoms with E-state index in [1.165, 1.54) is 23.1 Å². The van der Waals surface area contributed by atoms with Gasteiger partial charge in [0, 0.05) is 11.0 Å². The van der Waals surface area contributed by atoms with E-state index in [2.05, 4.69) is 5.16 Å². The highest BCUT2D eigenvalue weighted by Gasteiger charge is 2.28. The van der Waals surface area contributed by atoms with E-state index in [0.29, 0.717) is 16.4 Å². The smallest absolute Gasteiger partial charge is 0.405 e. The van der Waals surface area contributed by atoms with Crippen LogP contribution < -0.4 is 10.6 Å². The minimum Gasteiger partial charge on any atom is -0.452 e. The first-order chi connectivity index (χ1) is 13.6. The number of benzene rings is 1. The predicted octanol–water partition coefficient (Wildman–Crippen LogP) is 2.82. The highest BCUT2D eigenvalue weighted by atomic mass is 32.2. The van der Waals surface area contributed by atoms with Gasteiger partial charge in [0.05, 0.1) is 17.0 Å². The molecule has 0 fully saturated rings. The van der Waals surface area contributed by atoms with Crippen LogP contribution in [0.25, 0.3) is 0 Å². The summed E-state index contributed by atoms with van der Waals surface area (Å²) in [5, 5.41) is 6.86. The summed E-state index contributed by atoms with van der Waals surface area (Å²) in [6, 6.07) is 6.88. The minimum atomic E-state index is -4.61. The minimum absolute atomic E-state index is 0.183. The lowest BCUT2D eigenvalue weighted by Crippen LogP contribution is -2.44. The summed E-state index contributed by atoms with van der Waals surface area (Å²) < 4.78 is 45.9. The summed E-state index contributed by atoms with van der Waals surface area (Å²) in [7, 11) is 0. The van der Waals surface area contributed by atoms with Crippen LogP contribution in [0.1, 0.15) is 21.8 Å². The summed E-state index contributed by atoms with van der Waals surface area (Å²) in [6.45, 7) is -0.656. The van der Waals surface area contributed by atoms with Gasteiger partial charge in [-0.1, -0.05) is 17.3 Å². The van der Waals surface area contributed by atoms with Gasteiger partial charge >= 0.3 is 18.2 Å². The molecule has 0 aliphatic heterocycles. The first-order valence-corrected chi connectivity index (χ1v) is 9.08. The number of esters is 1. The van der Waals surface area contributed by atoms with Gasteiger partial charge in [-0.25, -0.2) is 9.59 Å². The van der Waals surface area contributed by atoms with E-state index >= 15 is 0 Å². The standard InChI is InChI=1S/C17H16F3N3O5S/c1-10-6-11(28-23-10)8-29-13-5-3-2-4-12(13)15(25)27-7-14(24)22-16(26)21-9-17(18,19)20/h2-6H,7-9H2,1H3,(H2,21,22,24,26). The third-order valence-corrected chi connectivity index (χ3v) is 4.29. The average Bonchev–Trinajstić information content (AvgIpc) is 3.08. The number of aryl methyl sites for hydroxylation is 1. The van der Waals surface area contributed by atoms with E-state index in [4.69, 9.17) is 9.26 Å². The number of hydrogen-bond acceptors (Lipinski definition) is 7. The van der Waals surface area contributed by atoms with Crippen molar-refractivity contribution in [2.75, 3.05) is 13.2 Å². The molecule has 8 nitrogen and oxygen atoms in total. The van der Waals surface area contributed by atoms with Gasteiger partial charge < -0.3 is 14.6 Å². The molecule has 0 aliphatic carbocycles. The van der Waals surface area contributed by atoms with E-state index < -0.39 is 37.2 Å². The lowest BCUT2D eigenvalue weighted by Gasteiger charge is -2.10. The number of carbonyl (C=O) groups is 3. The number of nitrogens with zero attached hydrogens (tertiary/aromatic N) is 1. The van der Waals surface area contributed by atoms with Crippen LogP contribution in [0.3, 0.4) is 0 Å². The fraction of sp³-hybridized carbons (Fsp3) is 0.294.